The number of rotatable bonds is 4. The Balaban J connectivity index is 1.34. The van der Waals surface area contributed by atoms with Crippen molar-refractivity contribution in [1.29, 1.82) is 0 Å². The number of hydrogen-bond acceptors (Lipinski definition) is 5. The van der Waals surface area contributed by atoms with E-state index in [1.807, 2.05) is 4.90 Å². The molecule has 6 nitrogen and oxygen atoms in total. The third kappa shape index (κ3) is 4.51. The Morgan fingerprint density at radius 3 is 2.63 bits per heavy atom. The molecule has 2 aliphatic rings. The predicted octanol–water partition coefficient (Wildman–Crippen LogP) is 2.85. The van der Waals surface area contributed by atoms with Gasteiger partial charge in [-0.2, -0.15) is 0 Å². The fourth-order valence-corrected chi connectivity index (χ4v) is 5.42. The molecular weight excluding hydrogens is 396 g/mol. The van der Waals surface area contributed by atoms with Crippen LogP contribution in [0.1, 0.15) is 40.6 Å². The first-order valence-corrected chi connectivity index (χ1v) is 11.5. The highest BCUT2D eigenvalue weighted by Crippen LogP contribution is 2.34. The molecule has 1 aromatic heterocycles. The second kappa shape index (κ2) is 8.76. The van der Waals surface area contributed by atoms with E-state index in [0.29, 0.717) is 6.54 Å². The van der Waals surface area contributed by atoms with Crippen LogP contribution in [0.4, 0.5) is 5.13 Å². The van der Waals surface area contributed by atoms with Gasteiger partial charge in [0.25, 0.3) is 0 Å². The molecule has 1 N–H and O–H groups in total. The zero-order chi connectivity index (χ0) is 21.3. The van der Waals surface area contributed by atoms with Crippen LogP contribution in [0.25, 0.3) is 0 Å². The highest BCUT2D eigenvalue weighted by atomic mass is 32.1. The number of carbonyl (C=O) groups is 2. The number of thiazole rings is 1. The van der Waals surface area contributed by atoms with Crippen molar-refractivity contribution >= 4 is 28.3 Å². The summed E-state index contributed by atoms with van der Waals surface area (Å²) < 4.78 is 0. The summed E-state index contributed by atoms with van der Waals surface area (Å²) in [7, 11) is 0. The predicted molar refractivity (Wildman–Crippen MR) is 120 cm³/mol. The van der Waals surface area contributed by atoms with Crippen LogP contribution in [0.15, 0.2) is 18.2 Å². The van der Waals surface area contributed by atoms with Crippen LogP contribution < -0.4 is 10.2 Å². The Morgan fingerprint density at radius 2 is 1.93 bits per heavy atom. The summed E-state index contributed by atoms with van der Waals surface area (Å²) in [4.78, 5) is 34.6. The van der Waals surface area contributed by atoms with Gasteiger partial charge in [-0.3, -0.25) is 9.59 Å². The number of anilines is 1. The molecule has 1 atom stereocenters. The summed E-state index contributed by atoms with van der Waals surface area (Å²) in [5.74, 6) is 0.304. The molecule has 0 saturated carbocycles. The topological polar surface area (TPSA) is 65.5 Å². The number of nitrogens with zero attached hydrogens (tertiary/aromatic N) is 3. The Bertz CT molecular complexity index is 947. The number of aryl methyl sites for hydroxylation is 3. The highest BCUT2D eigenvalue weighted by Gasteiger charge is 2.29. The molecule has 0 bridgehead atoms. The molecule has 2 amide bonds. The number of aromatic nitrogens is 1. The Morgan fingerprint density at radius 1 is 1.17 bits per heavy atom. The van der Waals surface area contributed by atoms with Crippen LogP contribution in [-0.4, -0.2) is 47.9 Å². The van der Waals surface area contributed by atoms with Gasteiger partial charge in [0.15, 0.2) is 5.13 Å². The lowest BCUT2D eigenvalue weighted by atomic mass is 9.90. The number of nitrogens with one attached hydrogen (secondary N) is 1. The van der Waals surface area contributed by atoms with Crippen LogP contribution in [0.5, 0.6) is 0 Å². The third-order valence-electron chi connectivity index (χ3n) is 6.33. The zero-order valence-corrected chi connectivity index (χ0v) is 18.8. The normalized spacial score (nSPS) is 18.8. The average molecular weight is 427 g/mol. The zero-order valence-electron chi connectivity index (χ0n) is 18.0. The van der Waals surface area contributed by atoms with Gasteiger partial charge in [0.2, 0.25) is 11.8 Å². The summed E-state index contributed by atoms with van der Waals surface area (Å²) >= 11 is 1.72. The van der Waals surface area contributed by atoms with Gasteiger partial charge in [-0.25, -0.2) is 4.98 Å². The highest BCUT2D eigenvalue weighted by molar-refractivity contribution is 7.15. The van der Waals surface area contributed by atoms with Crippen molar-refractivity contribution in [1.82, 2.24) is 15.2 Å². The molecule has 2 heterocycles. The number of benzene rings is 1. The fraction of sp³-hybridized carbons (Fsp3) is 0.522. The smallest absolute Gasteiger partial charge is 0.223 e. The van der Waals surface area contributed by atoms with Crippen LogP contribution in [0.2, 0.25) is 0 Å². The first kappa shape index (κ1) is 20.8. The number of fused-ring (bicyclic) bond motifs is 1. The molecule has 1 aliphatic carbocycles. The summed E-state index contributed by atoms with van der Waals surface area (Å²) in [6, 6.07) is 6.34. The van der Waals surface area contributed by atoms with Gasteiger partial charge in [0.05, 0.1) is 5.69 Å². The lowest BCUT2D eigenvalue weighted by molar-refractivity contribution is -0.129. The SMILES string of the molecule is CC(=O)N1CCN(c2nc3c(s2)C[C@H](C(=O)NCc2ccc(C)c(C)c2)CC3)CC1. The summed E-state index contributed by atoms with van der Waals surface area (Å²) in [6.07, 6.45) is 2.49. The molecule has 1 aromatic carbocycles. The molecule has 1 saturated heterocycles. The molecule has 4 rings (SSSR count). The second-order valence-corrected chi connectivity index (χ2v) is 9.50. The third-order valence-corrected chi connectivity index (χ3v) is 7.51. The first-order valence-electron chi connectivity index (χ1n) is 10.7. The second-order valence-electron chi connectivity index (χ2n) is 8.44. The van der Waals surface area contributed by atoms with Gasteiger partial charge in [0.1, 0.15) is 0 Å². The van der Waals surface area contributed by atoms with Gasteiger partial charge >= 0.3 is 0 Å². The molecule has 1 fully saturated rings. The molecule has 160 valence electrons. The van der Waals surface area contributed by atoms with Gasteiger partial charge in [-0.15, -0.1) is 11.3 Å². The van der Waals surface area contributed by atoms with Crippen LogP contribution in [-0.2, 0) is 29.0 Å². The van der Waals surface area contributed by atoms with Crippen molar-refractivity contribution in [2.75, 3.05) is 31.1 Å². The van der Waals surface area contributed by atoms with E-state index in [4.69, 9.17) is 4.98 Å². The monoisotopic (exact) mass is 426 g/mol. The van der Waals surface area contributed by atoms with Crippen molar-refractivity contribution in [2.45, 2.75) is 46.6 Å². The average Bonchev–Trinajstić information content (AvgIpc) is 3.17. The fourth-order valence-electron chi connectivity index (χ4n) is 4.18. The van der Waals surface area contributed by atoms with Gasteiger partial charge < -0.3 is 15.1 Å². The van der Waals surface area contributed by atoms with Crippen LogP contribution >= 0.6 is 11.3 Å². The summed E-state index contributed by atoms with van der Waals surface area (Å²) in [5.41, 5.74) is 4.83. The van der Waals surface area contributed by atoms with Crippen molar-refractivity contribution in [2.24, 2.45) is 5.92 Å². The molecule has 1 aliphatic heterocycles. The molecule has 30 heavy (non-hydrogen) atoms. The van der Waals surface area contributed by atoms with Crippen molar-refractivity contribution in [3.8, 4) is 0 Å². The number of hydrogen-bond donors (Lipinski definition) is 1. The maximum atomic E-state index is 12.8. The maximum Gasteiger partial charge on any atom is 0.223 e. The largest absolute Gasteiger partial charge is 0.352 e. The van der Waals surface area contributed by atoms with E-state index in [2.05, 4.69) is 42.3 Å². The summed E-state index contributed by atoms with van der Waals surface area (Å²) in [5, 5.41) is 4.17. The van der Waals surface area contributed by atoms with Gasteiger partial charge in [0, 0.05) is 50.4 Å². The van der Waals surface area contributed by atoms with E-state index < -0.39 is 0 Å². The first-order chi connectivity index (χ1) is 14.4. The Labute approximate surface area is 182 Å². The minimum Gasteiger partial charge on any atom is -0.352 e. The van der Waals surface area contributed by atoms with E-state index in [9.17, 15) is 9.59 Å². The molecule has 0 radical (unpaired) electrons. The maximum absolute atomic E-state index is 12.8. The van der Waals surface area contributed by atoms with Crippen LogP contribution in [0, 0.1) is 19.8 Å². The number of amides is 2. The summed E-state index contributed by atoms with van der Waals surface area (Å²) in [6.45, 7) is 9.57. The molecule has 7 heteroatoms. The van der Waals surface area contributed by atoms with E-state index in [0.717, 1.165) is 61.8 Å². The van der Waals surface area contributed by atoms with E-state index >= 15 is 0 Å². The van der Waals surface area contributed by atoms with Crippen molar-refractivity contribution < 1.29 is 9.59 Å². The van der Waals surface area contributed by atoms with E-state index in [-0.39, 0.29) is 17.7 Å². The molecular formula is C23H30N4O2S. The lowest BCUT2D eigenvalue weighted by Crippen LogP contribution is -2.48. The molecule has 0 spiro atoms. The van der Waals surface area contributed by atoms with Crippen molar-refractivity contribution in [3.63, 3.8) is 0 Å². The van der Waals surface area contributed by atoms with E-state index in [1.54, 1.807) is 18.3 Å². The quantitative estimate of drug-likeness (QED) is 0.817. The van der Waals surface area contributed by atoms with E-state index in [1.165, 1.54) is 16.0 Å². The lowest BCUT2D eigenvalue weighted by Gasteiger charge is -2.33. The standard InChI is InChI=1S/C23H30N4O2S/c1-15-4-5-18(12-16(15)2)14-24-22(29)19-6-7-20-21(13-19)30-23(25-20)27-10-8-26(9-11-27)17(3)28/h4-5,12,19H,6-11,13-14H2,1-3H3,(H,24,29)/t19-/m1/s1. The van der Waals surface area contributed by atoms with Crippen LogP contribution in [0.3, 0.4) is 0 Å². The Kier molecular flexibility index (Phi) is 6.09. The number of carbonyl (C=O) groups excluding carboxylic acids is 2. The number of piperazine rings is 1. The van der Waals surface area contributed by atoms with Gasteiger partial charge in [-0.1, -0.05) is 18.2 Å². The minimum absolute atomic E-state index is 0.0203. The molecule has 0 unspecified atom stereocenters. The molecule has 2 aromatic rings. The van der Waals surface area contributed by atoms with Gasteiger partial charge in [-0.05, 0) is 49.8 Å². The van der Waals surface area contributed by atoms with Crippen molar-refractivity contribution in [3.05, 3.63) is 45.5 Å². The Hall–Kier alpha value is -2.41. The minimum atomic E-state index is 0.0203.